The van der Waals surface area contributed by atoms with Gasteiger partial charge < -0.3 is 4.74 Å². The molecule has 0 aliphatic heterocycles. The molecular formula is C18H16BrF4NO3S. The Morgan fingerprint density at radius 3 is 2.32 bits per heavy atom. The summed E-state index contributed by atoms with van der Waals surface area (Å²) in [6.45, 7) is 0. The molecule has 1 atom stereocenters. The molecule has 0 bridgehead atoms. The normalized spacial score (nSPS) is 16.0. The van der Waals surface area contributed by atoms with E-state index >= 15 is 0 Å². The van der Waals surface area contributed by atoms with Crippen molar-refractivity contribution in [3.63, 3.8) is 0 Å². The van der Waals surface area contributed by atoms with Crippen LogP contribution in [0.1, 0.15) is 30.9 Å². The summed E-state index contributed by atoms with van der Waals surface area (Å²) in [5.74, 6) is -0.599. The predicted molar refractivity (Wildman–Crippen MR) is 97.6 cm³/mol. The molecule has 0 amide bonds. The van der Waals surface area contributed by atoms with Gasteiger partial charge in [-0.2, -0.15) is 0 Å². The van der Waals surface area contributed by atoms with Crippen molar-refractivity contribution in [3.8, 4) is 5.75 Å². The van der Waals surface area contributed by atoms with E-state index < -0.39 is 34.0 Å². The number of rotatable bonds is 7. The summed E-state index contributed by atoms with van der Waals surface area (Å²) in [6.07, 6.45) is -2.34. The molecule has 1 N–H and O–H groups in total. The fraction of sp³-hybridized carbons (Fsp3) is 0.333. The molecule has 3 rings (SSSR count). The van der Waals surface area contributed by atoms with Gasteiger partial charge in [-0.15, -0.1) is 13.2 Å². The smallest absolute Gasteiger partial charge is 0.406 e. The van der Waals surface area contributed by atoms with E-state index in [9.17, 15) is 26.0 Å². The van der Waals surface area contributed by atoms with Gasteiger partial charge >= 0.3 is 6.36 Å². The van der Waals surface area contributed by atoms with Gasteiger partial charge in [-0.05, 0) is 54.3 Å². The third-order valence-electron chi connectivity index (χ3n) is 4.27. The van der Waals surface area contributed by atoms with Gasteiger partial charge in [0.05, 0.1) is 4.90 Å². The molecule has 10 heteroatoms. The van der Waals surface area contributed by atoms with Crippen molar-refractivity contribution in [1.29, 1.82) is 0 Å². The van der Waals surface area contributed by atoms with Crippen LogP contribution in [0.3, 0.4) is 0 Å². The highest BCUT2D eigenvalue weighted by molar-refractivity contribution is 9.10. The number of ether oxygens (including phenoxy) is 1. The molecule has 1 aliphatic carbocycles. The van der Waals surface area contributed by atoms with Crippen LogP contribution in [0.5, 0.6) is 5.75 Å². The first-order valence-corrected chi connectivity index (χ1v) is 10.6. The van der Waals surface area contributed by atoms with Crippen LogP contribution < -0.4 is 9.46 Å². The van der Waals surface area contributed by atoms with E-state index in [-0.39, 0.29) is 4.90 Å². The van der Waals surface area contributed by atoms with Gasteiger partial charge in [-0.1, -0.05) is 34.8 Å². The monoisotopic (exact) mass is 481 g/mol. The second-order valence-electron chi connectivity index (χ2n) is 6.54. The lowest BCUT2D eigenvalue weighted by atomic mass is 10.0. The van der Waals surface area contributed by atoms with Crippen LogP contribution in [-0.2, 0) is 10.0 Å². The minimum Gasteiger partial charge on any atom is -0.406 e. The number of halogens is 5. The molecule has 28 heavy (non-hydrogen) atoms. The Morgan fingerprint density at radius 2 is 1.79 bits per heavy atom. The lowest BCUT2D eigenvalue weighted by Gasteiger charge is -2.20. The molecule has 0 saturated heterocycles. The fourth-order valence-electron chi connectivity index (χ4n) is 2.79. The highest BCUT2D eigenvalue weighted by Crippen LogP contribution is 2.40. The summed E-state index contributed by atoms with van der Waals surface area (Å²) < 4.78 is 82.3. The summed E-state index contributed by atoms with van der Waals surface area (Å²) in [6, 6.07) is 7.37. The van der Waals surface area contributed by atoms with Crippen molar-refractivity contribution in [3.05, 3.63) is 58.3 Å². The van der Waals surface area contributed by atoms with Crippen LogP contribution in [0.15, 0.2) is 51.8 Å². The molecule has 152 valence electrons. The van der Waals surface area contributed by atoms with E-state index in [2.05, 4.69) is 25.4 Å². The number of nitrogens with one attached hydrogen (secondary N) is 1. The maximum absolute atomic E-state index is 13.4. The van der Waals surface area contributed by atoms with Crippen LogP contribution in [0.4, 0.5) is 17.6 Å². The average Bonchev–Trinajstić information content (AvgIpc) is 3.37. The van der Waals surface area contributed by atoms with Crippen molar-refractivity contribution in [2.24, 2.45) is 5.92 Å². The molecule has 2 aromatic carbocycles. The first kappa shape index (κ1) is 21.1. The molecule has 4 nitrogen and oxygen atoms in total. The maximum atomic E-state index is 13.4. The van der Waals surface area contributed by atoms with Gasteiger partial charge in [0, 0.05) is 10.5 Å². The predicted octanol–water partition coefficient (Wildman–Crippen LogP) is 5.31. The first-order chi connectivity index (χ1) is 13.0. The van der Waals surface area contributed by atoms with Crippen molar-refractivity contribution in [2.45, 2.75) is 36.6 Å². The zero-order valence-electron chi connectivity index (χ0n) is 14.3. The summed E-state index contributed by atoms with van der Waals surface area (Å²) >= 11 is 3.26. The minimum atomic E-state index is -4.86. The molecule has 0 spiro atoms. The van der Waals surface area contributed by atoms with Crippen molar-refractivity contribution in [1.82, 2.24) is 4.72 Å². The molecule has 1 saturated carbocycles. The zero-order chi connectivity index (χ0) is 20.5. The molecule has 1 unspecified atom stereocenters. The van der Waals surface area contributed by atoms with E-state index in [4.69, 9.17) is 0 Å². The van der Waals surface area contributed by atoms with Gasteiger partial charge in [0.2, 0.25) is 10.0 Å². The van der Waals surface area contributed by atoms with Crippen LogP contribution in [-0.4, -0.2) is 14.8 Å². The van der Waals surface area contributed by atoms with E-state index in [0.29, 0.717) is 22.4 Å². The van der Waals surface area contributed by atoms with Gasteiger partial charge in [0.1, 0.15) is 11.6 Å². The zero-order valence-corrected chi connectivity index (χ0v) is 16.7. The molecule has 1 aliphatic rings. The third-order valence-corrected chi connectivity index (χ3v) is 6.44. The lowest BCUT2D eigenvalue weighted by molar-refractivity contribution is -0.274. The first-order valence-electron chi connectivity index (χ1n) is 8.36. The Labute approximate surface area is 168 Å². The van der Waals surface area contributed by atoms with Crippen LogP contribution in [0.2, 0.25) is 0 Å². The second kappa shape index (κ2) is 8.00. The van der Waals surface area contributed by atoms with Gasteiger partial charge in [-0.25, -0.2) is 17.5 Å². The summed E-state index contributed by atoms with van der Waals surface area (Å²) in [5, 5.41) is 0. The maximum Gasteiger partial charge on any atom is 0.573 e. The van der Waals surface area contributed by atoms with Crippen molar-refractivity contribution in [2.75, 3.05) is 0 Å². The molecular weight excluding hydrogens is 466 g/mol. The summed E-state index contributed by atoms with van der Waals surface area (Å²) in [5.41, 5.74) is 0.592. The topological polar surface area (TPSA) is 55.4 Å². The molecule has 0 heterocycles. The Balaban J connectivity index is 1.82. The van der Waals surface area contributed by atoms with E-state index in [1.165, 1.54) is 18.2 Å². The number of benzene rings is 2. The van der Waals surface area contributed by atoms with Crippen molar-refractivity contribution < 1.29 is 30.7 Å². The Morgan fingerprint density at radius 1 is 1.14 bits per heavy atom. The molecule has 2 aromatic rings. The van der Waals surface area contributed by atoms with Gasteiger partial charge in [0.25, 0.3) is 0 Å². The highest BCUT2D eigenvalue weighted by atomic mass is 79.9. The number of alkyl halides is 3. The van der Waals surface area contributed by atoms with Crippen LogP contribution in [0.25, 0.3) is 0 Å². The average molecular weight is 482 g/mol. The number of hydrogen-bond donors (Lipinski definition) is 1. The fourth-order valence-corrected chi connectivity index (χ4v) is 4.64. The van der Waals surface area contributed by atoms with Crippen LogP contribution >= 0.6 is 15.9 Å². The molecule has 0 radical (unpaired) electrons. The largest absolute Gasteiger partial charge is 0.573 e. The molecule has 1 fully saturated rings. The highest BCUT2D eigenvalue weighted by Gasteiger charge is 2.32. The van der Waals surface area contributed by atoms with Crippen molar-refractivity contribution >= 4 is 26.0 Å². The Hall–Kier alpha value is -1.65. The lowest BCUT2D eigenvalue weighted by Crippen LogP contribution is -2.29. The van der Waals surface area contributed by atoms with E-state index in [0.717, 1.165) is 37.1 Å². The summed E-state index contributed by atoms with van der Waals surface area (Å²) in [4.78, 5) is -0.193. The minimum absolute atomic E-state index is 0.193. The standard InChI is InChI=1S/C18H16BrF4NO3S/c19-16-10-12(20)3-8-15(16)17(9-11-1-2-11)24-28(25,26)14-6-4-13(5-7-14)27-18(21,22)23/h3-8,10-11,17,24H,1-2,9H2. The van der Waals surface area contributed by atoms with E-state index in [1.54, 1.807) is 0 Å². The SMILES string of the molecule is O=S(=O)(NC(CC1CC1)c1ccc(F)cc1Br)c1ccc(OC(F)(F)F)cc1. The Bertz CT molecular complexity index is 944. The third kappa shape index (κ3) is 5.68. The quantitative estimate of drug-likeness (QED) is 0.545. The number of hydrogen-bond acceptors (Lipinski definition) is 3. The van der Waals surface area contributed by atoms with Gasteiger partial charge in [0.15, 0.2) is 0 Å². The number of sulfonamides is 1. The summed E-state index contributed by atoms with van der Waals surface area (Å²) in [7, 11) is -4.01. The molecule has 0 aromatic heterocycles. The second-order valence-corrected chi connectivity index (χ2v) is 9.11. The van der Waals surface area contributed by atoms with E-state index in [1.807, 2.05) is 0 Å². The van der Waals surface area contributed by atoms with Crippen LogP contribution in [0, 0.1) is 11.7 Å². The Kier molecular flexibility index (Phi) is 6.02. The van der Waals surface area contributed by atoms with Gasteiger partial charge in [-0.3, -0.25) is 0 Å².